The molecule has 5 nitrogen and oxygen atoms in total. The Morgan fingerprint density at radius 2 is 1.73 bits per heavy atom. The number of amides is 2. The smallest absolute Gasteiger partial charge is 0.276 e. The Labute approximate surface area is 129 Å². The molecule has 0 aliphatic rings. The van der Waals surface area contributed by atoms with E-state index >= 15 is 0 Å². The number of fused-ring (bicyclic) bond motifs is 1. The molecule has 0 aliphatic carbocycles. The van der Waals surface area contributed by atoms with Gasteiger partial charge in [-0.2, -0.15) is 0 Å². The van der Waals surface area contributed by atoms with E-state index in [1.165, 1.54) is 0 Å². The second-order valence-corrected chi connectivity index (χ2v) is 5.00. The zero-order valence-corrected chi connectivity index (χ0v) is 12.6. The molecule has 0 radical (unpaired) electrons. The molecule has 5 heteroatoms. The molecular weight excluding hydrogens is 280 g/mol. The number of nitrogens with one attached hydrogen (secondary N) is 2. The monoisotopic (exact) mass is 300 g/mol. The SMILES string of the molecule is CCCCC(=O)NNC(=O)COc1ccc2ccccc2c1. The molecule has 0 saturated heterocycles. The van der Waals surface area contributed by atoms with Crippen molar-refractivity contribution in [1.82, 2.24) is 10.9 Å². The van der Waals surface area contributed by atoms with Gasteiger partial charge in [0.25, 0.3) is 5.91 Å². The van der Waals surface area contributed by atoms with Crippen LogP contribution in [-0.2, 0) is 9.59 Å². The van der Waals surface area contributed by atoms with E-state index in [2.05, 4.69) is 10.9 Å². The highest BCUT2D eigenvalue weighted by atomic mass is 16.5. The zero-order chi connectivity index (χ0) is 15.8. The van der Waals surface area contributed by atoms with Gasteiger partial charge in [0.1, 0.15) is 5.75 Å². The van der Waals surface area contributed by atoms with Crippen molar-refractivity contribution in [3.05, 3.63) is 42.5 Å². The predicted octanol–water partition coefficient (Wildman–Crippen LogP) is 2.56. The van der Waals surface area contributed by atoms with Crippen LogP contribution in [0.25, 0.3) is 10.8 Å². The summed E-state index contributed by atoms with van der Waals surface area (Å²) in [6, 6.07) is 13.5. The average Bonchev–Trinajstić information content (AvgIpc) is 2.56. The van der Waals surface area contributed by atoms with E-state index in [4.69, 9.17) is 4.74 Å². The van der Waals surface area contributed by atoms with Crippen molar-refractivity contribution in [2.45, 2.75) is 26.2 Å². The number of unbranched alkanes of at least 4 members (excludes halogenated alkanes) is 1. The molecule has 2 N–H and O–H groups in total. The maximum atomic E-state index is 11.6. The molecule has 116 valence electrons. The number of hydrogen-bond acceptors (Lipinski definition) is 3. The number of carbonyl (C=O) groups is 2. The maximum Gasteiger partial charge on any atom is 0.276 e. The first-order valence-corrected chi connectivity index (χ1v) is 7.38. The lowest BCUT2D eigenvalue weighted by Crippen LogP contribution is -2.43. The third kappa shape index (κ3) is 4.77. The zero-order valence-electron chi connectivity index (χ0n) is 12.6. The van der Waals surface area contributed by atoms with E-state index in [9.17, 15) is 9.59 Å². The lowest BCUT2D eigenvalue weighted by molar-refractivity contribution is -0.130. The highest BCUT2D eigenvalue weighted by Gasteiger charge is 2.05. The van der Waals surface area contributed by atoms with Gasteiger partial charge in [-0.05, 0) is 29.3 Å². The molecule has 0 fully saturated rings. The van der Waals surface area contributed by atoms with Gasteiger partial charge in [-0.25, -0.2) is 0 Å². The maximum absolute atomic E-state index is 11.6. The topological polar surface area (TPSA) is 67.4 Å². The Morgan fingerprint density at radius 1 is 1.00 bits per heavy atom. The first kappa shape index (κ1) is 15.8. The number of hydrogen-bond donors (Lipinski definition) is 2. The fourth-order valence-corrected chi connectivity index (χ4v) is 1.98. The lowest BCUT2D eigenvalue weighted by atomic mass is 10.1. The highest BCUT2D eigenvalue weighted by Crippen LogP contribution is 2.20. The average molecular weight is 300 g/mol. The van der Waals surface area contributed by atoms with Gasteiger partial charge in [0.05, 0.1) is 0 Å². The van der Waals surface area contributed by atoms with E-state index in [-0.39, 0.29) is 12.5 Å². The summed E-state index contributed by atoms with van der Waals surface area (Å²) in [4.78, 5) is 23.0. The molecule has 2 amide bonds. The summed E-state index contributed by atoms with van der Waals surface area (Å²) >= 11 is 0. The summed E-state index contributed by atoms with van der Waals surface area (Å²) in [5.74, 6) is 0.0325. The second kappa shape index (κ2) is 8.02. The minimum Gasteiger partial charge on any atom is -0.484 e. The van der Waals surface area contributed by atoms with Gasteiger partial charge in [0.15, 0.2) is 6.61 Å². The summed E-state index contributed by atoms with van der Waals surface area (Å²) in [7, 11) is 0. The van der Waals surface area contributed by atoms with Gasteiger partial charge in [-0.1, -0.05) is 43.7 Å². The van der Waals surface area contributed by atoms with E-state index in [0.717, 1.165) is 23.6 Å². The van der Waals surface area contributed by atoms with Crippen molar-refractivity contribution in [2.24, 2.45) is 0 Å². The molecule has 0 heterocycles. The molecule has 0 atom stereocenters. The van der Waals surface area contributed by atoms with Crippen LogP contribution >= 0.6 is 0 Å². The van der Waals surface area contributed by atoms with E-state index in [0.29, 0.717) is 12.2 Å². The molecule has 0 aromatic heterocycles. The van der Waals surface area contributed by atoms with Crippen LogP contribution in [0, 0.1) is 0 Å². The van der Waals surface area contributed by atoms with Gasteiger partial charge in [0.2, 0.25) is 5.91 Å². The molecule has 0 aliphatic heterocycles. The number of ether oxygens (including phenoxy) is 1. The normalized spacial score (nSPS) is 10.2. The van der Waals surface area contributed by atoms with E-state index < -0.39 is 5.91 Å². The first-order valence-electron chi connectivity index (χ1n) is 7.38. The Kier molecular flexibility index (Phi) is 5.77. The third-order valence-corrected chi connectivity index (χ3v) is 3.19. The van der Waals surface area contributed by atoms with E-state index in [1.807, 2.05) is 49.4 Å². The predicted molar refractivity (Wildman–Crippen MR) is 85.3 cm³/mol. The molecule has 22 heavy (non-hydrogen) atoms. The first-order chi connectivity index (χ1) is 10.7. The summed E-state index contributed by atoms with van der Waals surface area (Å²) in [6.45, 7) is 1.86. The summed E-state index contributed by atoms with van der Waals surface area (Å²) in [6.07, 6.45) is 2.14. The van der Waals surface area contributed by atoms with Crippen molar-refractivity contribution in [3.8, 4) is 5.75 Å². The molecule has 2 aromatic carbocycles. The van der Waals surface area contributed by atoms with Crippen molar-refractivity contribution in [1.29, 1.82) is 0 Å². The Morgan fingerprint density at radius 3 is 2.50 bits per heavy atom. The van der Waals surface area contributed by atoms with Crippen molar-refractivity contribution in [3.63, 3.8) is 0 Å². The van der Waals surface area contributed by atoms with Gasteiger partial charge in [-0.15, -0.1) is 0 Å². The van der Waals surface area contributed by atoms with Crippen LogP contribution in [0.4, 0.5) is 0 Å². The van der Waals surface area contributed by atoms with Crippen molar-refractivity contribution < 1.29 is 14.3 Å². The van der Waals surface area contributed by atoms with Crippen LogP contribution in [-0.4, -0.2) is 18.4 Å². The van der Waals surface area contributed by atoms with Crippen molar-refractivity contribution >= 4 is 22.6 Å². The third-order valence-electron chi connectivity index (χ3n) is 3.19. The van der Waals surface area contributed by atoms with Gasteiger partial charge in [-0.3, -0.25) is 20.4 Å². The molecule has 2 aromatic rings. The standard InChI is InChI=1S/C17H20N2O3/c1-2-3-8-16(20)18-19-17(21)12-22-15-10-9-13-6-4-5-7-14(13)11-15/h4-7,9-11H,2-3,8,12H2,1H3,(H,18,20)(H,19,21). The van der Waals surface area contributed by atoms with Crippen LogP contribution < -0.4 is 15.6 Å². The molecule has 2 rings (SSSR count). The number of carbonyl (C=O) groups excluding carboxylic acids is 2. The van der Waals surface area contributed by atoms with Gasteiger partial charge < -0.3 is 4.74 Å². The Bertz CT molecular complexity index is 655. The van der Waals surface area contributed by atoms with Gasteiger partial charge in [0, 0.05) is 6.42 Å². The number of benzene rings is 2. The summed E-state index contributed by atoms with van der Waals surface area (Å²) in [5, 5.41) is 2.16. The van der Waals surface area contributed by atoms with Crippen LogP contribution in [0.1, 0.15) is 26.2 Å². The van der Waals surface area contributed by atoms with Crippen LogP contribution in [0.3, 0.4) is 0 Å². The minimum atomic E-state index is -0.391. The fourth-order valence-electron chi connectivity index (χ4n) is 1.98. The highest BCUT2D eigenvalue weighted by molar-refractivity contribution is 5.84. The molecule has 0 spiro atoms. The largest absolute Gasteiger partial charge is 0.484 e. The minimum absolute atomic E-state index is 0.146. The van der Waals surface area contributed by atoms with E-state index in [1.54, 1.807) is 0 Å². The summed E-state index contributed by atoms with van der Waals surface area (Å²) < 4.78 is 5.43. The quantitative estimate of drug-likeness (QED) is 0.806. The molecular formula is C17H20N2O3. The lowest BCUT2D eigenvalue weighted by Gasteiger charge is -2.09. The molecule has 0 unspecified atom stereocenters. The fraction of sp³-hybridized carbons (Fsp3) is 0.294. The van der Waals surface area contributed by atoms with Crippen LogP contribution in [0.5, 0.6) is 5.75 Å². The van der Waals surface area contributed by atoms with Gasteiger partial charge >= 0.3 is 0 Å². The number of hydrazine groups is 1. The molecule has 0 bridgehead atoms. The summed E-state index contributed by atoms with van der Waals surface area (Å²) in [5.41, 5.74) is 4.70. The number of rotatable bonds is 6. The van der Waals surface area contributed by atoms with Crippen LogP contribution in [0.15, 0.2) is 42.5 Å². The Balaban J connectivity index is 1.78. The van der Waals surface area contributed by atoms with Crippen molar-refractivity contribution in [2.75, 3.05) is 6.61 Å². The molecule has 0 saturated carbocycles. The second-order valence-electron chi connectivity index (χ2n) is 5.00. The van der Waals surface area contributed by atoms with Crippen LogP contribution in [0.2, 0.25) is 0 Å². The Hall–Kier alpha value is -2.56.